The molecule has 0 aromatic heterocycles. The summed E-state index contributed by atoms with van der Waals surface area (Å²) in [6, 6.07) is 5.52. The number of carboxylic acids is 1. The minimum absolute atomic E-state index is 0.00957. The van der Waals surface area contributed by atoms with Gasteiger partial charge in [-0.3, -0.25) is 9.59 Å². The fourth-order valence-electron chi connectivity index (χ4n) is 4.44. The number of hydrogen-bond donors (Lipinski definition) is 1. The van der Waals surface area contributed by atoms with Gasteiger partial charge in [0.2, 0.25) is 5.43 Å². The number of carbonyl (C=O) groups excluding carboxylic acids is 1. The molecule has 4 rings (SSSR count). The molecule has 6 nitrogen and oxygen atoms in total. The lowest BCUT2D eigenvalue weighted by Crippen LogP contribution is -2.14. The normalized spacial score (nSPS) is 11.4. The van der Waals surface area contributed by atoms with Crippen molar-refractivity contribution in [1.29, 1.82) is 0 Å². The quantitative estimate of drug-likeness (QED) is 0.0425. The Bertz CT molecular complexity index is 1760. The highest BCUT2D eigenvalue weighted by Gasteiger charge is 2.32. The van der Waals surface area contributed by atoms with Gasteiger partial charge in [0.05, 0.1) is 39.4 Å². The number of esters is 1. The Morgan fingerprint density at radius 3 is 2.14 bits per heavy atom. The van der Waals surface area contributed by atoms with E-state index in [1.165, 1.54) is 0 Å². The Labute approximate surface area is 315 Å². The van der Waals surface area contributed by atoms with E-state index in [2.05, 4.69) is 45.2 Å². The molecule has 0 unspecified atom stereocenters. The van der Waals surface area contributed by atoms with Crippen LogP contribution < -0.4 is 5.43 Å². The monoisotopic (exact) mass is 1100 g/mol. The number of unbranched alkanes of at least 4 members (excludes halogenated alkanes) is 4. The first-order valence-electron chi connectivity index (χ1n) is 12.3. The third-order valence-electron chi connectivity index (χ3n) is 6.37. The average molecular weight is 1100 g/mol. The molecular formula is C28H18Cl4I4O6. The van der Waals surface area contributed by atoms with Crippen molar-refractivity contribution >= 4 is 160 Å². The molecule has 0 atom stereocenters. The zero-order chi connectivity index (χ0) is 30.9. The Hall–Kier alpha value is 0.150. The number of fused-ring (bicyclic) bond motifs is 2. The Balaban J connectivity index is 1.87. The van der Waals surface area contributed by atoms with E-state index in [0.717, 1.165) is 26.4 Å². The van der Waals surface area contributed by atoms with Gasteiger partial charge in [-0.1, -0.05) is 65.7 Å². The van der Waals surface area contributed by atoms with Crippen molar-refractivity contribution < 1.29 is 23.8 Å². The summed E-state index contributed by atoms with van der Waals surface area (Å²) < 4.78 is 14.5. The van der Waals surface area contributed by atoms with Gasteiger partial charge in [-0.25, -0.2) is 4.79 Å². The van der Waals surface area contributed by atoms with Crippen molar-refractivity contribution in [3.8, 4) is 22.5 Å². The van der Waals surface area contributed by atoms with Crippen molar-refractivity contribution in [2.24, 2.45) is 0 Å². The maximum absolute atomic E-state index is 13.7. The summed E-state index contributed by atoms with van der Waals surface area (Å²) in [5, 5.41) is 9.21. The molecule has 0 saturated carbocycles. The van der Waals surface area contributed by atoms with E-state index in [-0.39, 0.29) is 49.7 Å². The maximum Gasteiger partial charge on any atom is 0.340 e. The fraction of sp³-hybridized carbons (Fsp3) is 0.250. The summed E-state index contributed by atoms with van der Waals surface area (Å²) >= 11 is 34.8. The summed E-state index contributed by atoms with van der Waals surface area (Å²) in [7, 11) is 0. The van der Waals surface area contributed by atoms with Crippen molar-refractivity contribution in [3.63, 3.8) is 0 Å². The first-order valence-corrected chi connectivity index (χ1v) is 18.2. The Kier molecular flexibility index (Phi) is 12.6. The van der Waals surface area contributed by atoms with E-state index >= 15 is 0 Å². The van der Waals surface area contributed by atoms with Gasteiger partial charge in [0, 0.05) is 32.1 Å². The topological polar surface area (TPSA) is 93.8 Å². The second-order valence-corrected chi connectivity index (χ2v) is 15.3. The number of ether oxygens (including phenoxy) is 1. The van der Waals surface area contributed by atoms with E-state index in [0.29, 0.717) is 47.8 Å². The van der Waals surface area contributed by atoms with Crippen LogP contribution in [0.1, 0.15) is 48.9 Å². The first-order chi connectivity index (χ1) is 19.8. The van der Waals surface area contributed by atoms with E-state index in [9.17, 15) is 14.4 Å². The highest BCUT2D eigenvalue weighted by Crippen LogP contribution is 2.52. The van der Waals surface area contributed by atoms with Gasteiger partial charge < -0.3 is 14.3 Å². The Morgan fingerprint density at radius 1 is 0.810 bits per heavy atom. The number of carbonyl (C=O) groups is 2. The lowest BCUT2D eigenvalue weighted by molar-refractivity contribution is -0.137. The number of hydrogen-bond acceptors (Lipinski definition) is 5. The van der Waals surface area contributed by atoms with Crippen LogP contribution in [0, 0.1) is 14.3 Å². The number of rotatable bonds is 10. The van der Waals surface area contributed by atoms with Crippen LogP contribution in [0.4, 0.5) is 0 Å². The fourth-order valence-corrected chi connectivity index (χ4v) is 9.21. The van der Waals surface area contributed by atoms with Crippen LogP contribution in [0.5, 0.6) is 0 Å². The zero-order valence-corrected chi connectivity index (χ0v) is 32.8. The van der Waals surface area contributed by atoms with Crippen LogP contribution in [-0.2, 0) is 9.53 Å². The molecule has 42 heavy (non-hydrogen) atoms. The second-order valence-electron chi connectivity index (χ2n) is 9.17. The molecule has 14 heteroatoms. The van der Waals surface area contributed by atoms with E-state index in [1.54, 1.807) is 6.07 Å². The van der Waals surface area contributed by atoms with E-state index in [1.807, 2.05) is 57.3 Å². The molecule has 1 aliphatic carbocycles. The lowest BCUT2D eigenvalue weighted by Gasteiger charge is -2.22. The molecule has 0 fully saturated rings. The van der Waals surface area contributed by atoms with Crippen molar-refractivity contribution in [1.82, 2.24) is 0 Å². The molecule has 0 amide bonds. The molecule has 0 radical (unpaired) electrons. The maximum atomic E-state index is 13.7. The van der Waals surface area contributed by atoms with Gasteiger partial charge in [0.15, 0.2) is 5.76 Å². The summed E-state index contributed by atoms with van der Waals surface area (Å²) in [4.78, 5) is 37.2. The number of halogens is 8. The van der Waals surface area contributed by atoms with Crippen molar-refractivity contribution in [3.05, 3.63) is 68.4 Å². The van der Waals surface area contributed by atoms with Crippen LogP contribution in [-0.4, -0.2) is 23.7 Å². The van der Waals surface area contributed by atoms with E-state index < -0.39 is 11.9 Å². The highest BCUT2D eigenvalue weighted by molar-refractivity contribution is 14.1. The van der Waals surface area contributed by atoms with Gasteiger partial charge >= 0.3 is 11.9 Å². The molecule has 2 aliphatic rings. The van der Waals surface area contributed by atoms with Crippen LogP contribution in [0.2, 0.25) is 20.1 Å². The molecule has 0 saturated heterocycles. The molecule has 2 aromatic rings. The first kappa shape index (κ1) is 35.0. The minimum atomic E-state index is -0.813. The van der Waals surface area contributed by atoms with Gasteiger partial charge in [-0.2, -0.15) is 0 Å². The largest absolute Gasteiger partial charge is 0.481 e. The summed E-state index contributed by atoms with van der Waals surface area (Å²) in [6.45, 7) is 0.113. The van der Waals surface area contributed by atoms with Crippen LogP contribution >= 0.6 is 137 Å². The number of carboxylic acid groups (broad SMARTS) is 1. The molecule has 1 N–H and O–H groups in total. The molecule has 1 heterocycles. The third-order valence-corrected chi connectivity index (χ3v) is 11.4. The van der Waals surface area contributed by atoms with Gasteiger partial charge in [0.1, 0.15) is 9.15 Å². The number of aliphatic carboxylic acids is 1. The smallest absolute Gasteiger partial charge is 0.340 e. The van der Waals surface area contributed by atoms with Gasteiger partial charge in [0.25, 0.3) is 0 Å². The van der Waals surface area contributed by atoms with E-state index in [4.69, 9.17) is 60.7 Å². The summed E-state index contributed by atoms with van der Waals surface area (Å²) in [5.74, 6) is -1.21. The van der Waals surface area contributed by atoms with Gasteiger partial charge in [-0.15, -0.1) is 0 Å². The molecule has 2 aromatic carbocycles. The van der Waals surface area contributed by atoms with Gasteiger partial charge in [-0.05, 0) is 121 Å². The second kappa shape index (κ2) is 15.2. The molecule has 1 aliphatic heterocycles. The summed E-state index contributed by atoms with van der Waals surface area (Å²) in [6.07, 6.45) is 3.67. The standard InChI is InChI=1S/C28H18Cl4I4O6/c29-20-18(19(21(30)23(32)22(20)31)28(40)41-7-5-3-1-2-4-6-16(37)38)17-12-8-11(33)9-15(35)26(12)42-27-13(17)10-14(34)25(39)24(27)36/h8-10H,1-7H2,(H,37,38). The molecule has 0 bridgehead atoms. The van der Waals surface area contributed by atoms with Crippen LogP contribution in [0.3, 0.4) is 0 Å². The minimum Gasteiger partial charge on any atom is -0.481 e. The number of benzene rings is 3. The molecule has 0 spiro atoms. The third kappa shape index (κ3) is 7.41. The Morgan fingerprint density at radius 2 is 1.45 bits per heavy atom. The average Bonchev–Trinajstić information content (AvgIpc) is 2.93. The predicted octanol–water partition coefficient (Wildman–Crippen LogP) is 11.2. The SMILES string of the molecule is O=C(O)CCCCCCCOC(=O)c1c(Cl)c(Cl)c(Cl)c(Cl)c1-c1c2cc(I)c(=O)c(I)c-2oc2c(I)cc(I)cc12. The lowest BCUT2D eigenvalue weighted by atomic mass is 9.90. The van der Waals surface area contributed by atoms with Crippen molar-refractivity contribution in [2.45, 2.75) is 38.5 Å². The highest BCUT2D eigenvalue weighted by atomic mass is 127. The van der Waals surface area contributed by atoms with Crippen LogP contribution in [0.15, 0.2) is 27.4 Å². The zero-order valence-electron chi connectivity index (χ0n) is 21.2. The predicted molar refractivity (Wildman–Crippen MR) is 201 cm³/mol. The summed E-state index contributed by atoms with van der Waals surface area (Å²) in [5.41, 5.74) is 1.55. The van der Waals surface area contributed by atoms with Crippen molar-refractivity contribution in [2.75, 3.05) is 6.61 Å². The molecule has 222 valence electrons. The van der Waals surface area contributed by atoms with Crippen LogP contribution in [0.25, 0.3) is 33.4 Å². The molecular weight excluding hydrogens is 1080 g/mol.